The molecular formula is C9H15F3N2O2. The van der Waals surface area contributed by atoms with Gasteiger partial charge in [-0.2, -0.15) is 13.2 Å². The Bertz CT molecular complexity index is 245. The smallest absolute Gasteiger partial charge is 0.394 e. The molecule has 1 aliphatic heterocycles. The molecule has 7 heteroatoms. The molecule has 0 spiro atoms. The maximum Gasteiger partial charge on any atom is 0.401 e. The molecule has 1 rings (SSSR count). The number of alkyl halides is 3. The van der Waals surface area contributed by atoms with Crippen LogP contribution in [0.2, 0.25) is 0 Å². The summed E-state index contributed by atoms with van der Waals surface area (Å²) in [4.78, 5) is 12.9. The summed E-state index contributed by atoms with van der Waals surface area (Å²) in [6, 6.07) is -0.236. The molecule has 0 aromatic rings. The number of carbonyl (C=O) groups is 1. The lowest BCUT2D eigenvalue weighted by molar-refractivity contribution is -0.135. The van der Waals surface area contributed by atoms with Gasteiger partial charge in [0.15, 0.2) is 0 Å². The highest BCUT2D eigenvalue weighted by Crippen LogP contribution is 2.16. The van der Waals surface area contributed by atoms with Gasteiger partial charge in [-0.1, -0.05) is 0 Å². The highest BCUT2D eigenvalue weighted by molar-refractivity contribution is 5.78. The summed E-state index contributed by atoms with van der Waals surface area (Å²) in [6.07, 6.45) is -2.81. The van der Waals surface area contributed by atoms with E-state index in [1.54, 1.807) is 0 Å². The molecule has 0 radical (unpaired) electrons. The fourth-order valence-electron chi connectivity index (χ4n) is 1.77. The van der Waals surface area contributed by atoms with Crippen molar-refractivity contribution in [1.29, 1.82) is 0 Å². The van der Waals surface area contributed by atoms with Crippen molar-refractivity contribution in [2.24, 2.45) is 0 Å². The average molecular weight is 240 g/mol. The minimum atomic E-state index is -4.30. The molecule has 1 atom stereocenters. The van der Waals surface area contributed by atoms with Gasteiger partial charge in [-0.25, -0.2) is 0 Å². The van der Waals surface area contributed by atoms with Crippen molar-refractivity contribution >= 4 is 5.91 Å². The van der Waals surface area contributed by atoms with Crippen molar-refractivity contribution in [1.82, 2.24) is 10.2 Å². The van der Waals surface area contributed by atoms with E-state index in [-0.39, 0.29) is 25.1 Å². The minimum Gasteiger partial charge on any atom is -0.394 e. The van der Waals surface area contributed by atoms with Crippen molar-refractivity contribution in [3.05, 3.63) is 0 Å². The zero-order valence-corrected chi connectivity index (χ0v) is 8.76. The quantitative estimate of drug-likeness (QED) is 0.734. The van der Waals surface area contributed by atoms with Crippen LogP contribution in [-0.2, 0) is 4.79 Å². The molecule has 0 aromatic heterocycles. The van der Waals surface area contributed by atoms with Crippen molar-refractivity contribution < 1.29 is 23.1 Å². The number of rotatable bonds is 4. The van der Waals surface area contributed by atoms with Crippen LogP contribution in [0.3, 0.4) is 0 Å². The van der Waals surface area contributed by atoms with Crippen LogP contribution in [0.4, 0.5) is 13.2 Å². The van der Waals surface area contributed by atoms with E-state index >= 15 is 0 Å². The number of carbonyl (C=O) groups excluding carboxylic acids is 1. The second kappa shape index (κ2) is 5.49. The number of halogens is 3. The fraction of sp³-hybridized carbons (Fsp3) is 0.889. The molecule has 94 valence electrons. The monoisotopic (exact) mass is 240 g/mol. The van der Waals surface area contributed by atoms with Gasteiger partial charge in [0, 0.05) is 6.54 Å². The third kappa shape index (κ3) is 3.97. The Balaban J connectivity index is 2.29. The zero-order chi connectivity index (χ0) is 12.2. The standard InChI is InChI=1S/C9H15F3N2O2/c10-9(11,12)6-13-4-8(16)14-3-1-2-7(14)5-15/h7,13,15H,1-6H2/t7-/m1/s1. The summed E-state index contributed by atoms with van der Waals surface area (Å²) < 4.78 is 35.4. The Morgan fingerprint density at radius 3 is 2.75 bits per heavy atom. The minimum absolute atomic E-state index is 0.134. The predicted octanol–water partition coefficient (Wildman–Crippen LogP) is 0.122. The molecule has 0 aromatic carbocycles. The van der Waals surface area contributed by atoms with E-state index in [0.717, 1.165) is 6.42 Å². The second-order valence-corrected chi connectivity index (χ2v) is 3.78. The largest absolute Gasteiger partial charge is 0.401 e. The van der Waals surface area contributed by atoms with E-state index in [4.69, 9.17) is 5.11 Å². The molecule has 0 aliphatic carbocycles. The summed E-state index contributed by atoms with van der Waals surface area (Å²) in [5, 5.41) is 11.0. The molecule has 0 unspecified atom stereocenters. The molecule has 1 saturated heterocycles. The molecule has 4 nitrogen and oxygen atoms in total. The van der Waals surface area contributed by atoms with E-state index in [9.17, 15) is 18.0 Å². The Morgan fingerprint density at radius 2 is 2.19 bits per heavy atom. The number of hydrogen-bond donors (Lipinski definition) is 2. The van der Waals surface area contributed by atoms with Gasteiger partial charge in [0.1, 0.15) is 0 Å². The normalized spacial score (nSPS) is 21.5. The first-order valence-corrected chi connectivity index (χ1v) is 5.12. The second-order valence-electron chi connectivity index (χ2n) is 3.78. The van der Waals surface area contributed by atoms with Crippen LogP contribution in [0.25, 0.3) is 0 Å². The van der Waals surface area contributed by atoms with E-state index in [0.29, 0.717) is 13.0 Å². The fourth-order valence-corrected chi connectivity index (χ4v) is 1.77. The molecule has 1 amide bonds. The van der Waals surface area contributed by atoms with Crippen LogP contribution in [0.1, 0.15) is 12.8 Å². The van der Waals surface area contributed by atoms with Gasteiger partial charge in [-0.05, 0) is 12.8 Å². The maximum atomic E-state index is 11.8. The third-order valence-electron chi connectivity index (χ3n) is 2.51. The average Bonchev–Trinajstić information content (AvgIpc) is 2.63. The van der Waals surface area contributed by atoms with Crippen LogP contribution in [-0.4, -0.2) is 54.4 Å². The van der Waals surface area contributed by atoms with Gasteiger partial charge < -0.3 is 15.3 Å². The highest BCUT2D eigenvalue weighted by atomic mass is 19.4. The SMILES string of the molecule is O=C(CNCC(F)(F)F)N1CCC[C@@H]1CO. The Morgan fingerprint density at radius 1 is 1.50 bits per heavy atom. The van der Waals surface area contributed by atoms with Crippen molar-refractivity contribution in [3.63, 3.8) is 0 Å². The van der Waals surface area contributed by atoms with Crippen molar-refractivity contribution in [3.8, 4) is 0 Å². The van der Waals surface area contributed by atoms with E-state index in [1.807, 2.05) is 5.32 Å². The molecular weight excluding hydrogens is 225 g/mol. The first kappa shape index (κ1) is 13.2. The van der Waals surface area contributed by atoms with Gasteiger partial charge >= 0.3 is 6.18 Å². The van der Waals surface area contributed by atoms with Crippen LogP contribution < -0.4 is 5.32 Å². The summed E-state index contributed by atoms with van der Waals surface area (Å²) in [6.45, 7) is -1.13. The predicted molar refractivity (Wildman–Crippen MR) is 50.7 cm³/mol. The van der Waals surface area contributed by atoms with Crippen molar-refractivity contribution in [2.45, 2.75) is 25.1 Å². The summed E-state index contributed by atoms with van der Waals surface area (Å²) in [5.41, 5.74) is 0. The molecule has 1 heterocycles. The lowest BCUT2D eigenvalue weighted by atomic mass is 10.2. The Labute approximate surface area is 91.4 Å². The van der Waals surface area contributed by atoms with Gasteiger partial charge in [0.25, 0.3) is 0 Å². The van der Waals surface area contributed by atoms with Gasteiger partial charge in [0.05, 0.1) is 25.7 Å². The molecule has 0 bridgehead atoms. The maximum absolute atomic E-state index is 11.8. The first-order valence-electron chi connectivity index (χ1n) is 5.12. The number of nitrogens with one attached hydrogen (secondary N) is 1. The topological polar surface area (TPSA) is 52.6 Å². The Hall–Kier alpha value is -0.820. The van der Waals surface area contributed by atoms with Gasteiger partial charge in [0.2, 0.25) is 5.91 Å². The summed E-state index contributed by atoms with van der Waals surface area (Å²) in [5.74, 6) is -0.388. The number of hydrogen-bond acceptors (Lipinski definition) is 3. The molecule has 1 fully saturated rings. The number of aliphatic hydroxyl groups is 1. The van der Waals surface area contributed by atoms with E-state index < -0.39 is 12.7 Å². The van der Waals surface area contributed by atoms with Gasteiger partial charge in [-0.3, -0.25) is 4.79 Å². The van der Waals surface area contributed by atoms with Crippen LogP contribution in [0, 0.1) is 0 Å². The third-order valence-corrected chi connectivity index (χ3v) is 2.51. The van der Waals surface area contributed by atoms with E-state index in [1.165, 1.54) is 4.90 Å². The van der Waals surface area contributed by atoms with Crippen LogP contribution in [0.5, 0.6) is 0 Å². The number of nitrogens with zero attached hydrogens (tertiary/aromatic N) is 1. The lowest BCUT2D eigenvalue weighted by Gasteiger charge is -2.23. The molecule has 16 heavy (non-hydrogen) atoms. The zero-order valence-electron chi connectivity index (χ0n) is 8.76. The van der Waals surface area contributed by atoms with Gasteiger partial charge in [-0.15, -0.1) is 0 Å². The van der Waals surface area contributed by atoms with Crippen LogP contribution in [0.15, 0.2) is 0 Å². The first-order chi connectivity index (χ1) is 7.44. The number of amides is 1. The molecule has 1 aliphatic rings. The number of likely N-dealkylation sites (tertiary alicyclic amines) is 1. The van der Waals surface area contributed by atoms with Crippen molar-refractivity contribution in [2.75, 3.05) is 26.2 Å². The van der Waals surface area contributed by atoms with E-state index in [2.05, 4.69) is 0 Å². The van der Waals surface area contributed by atoms with Crippen LogP contribution >= 0.6 is 0 Å². The molecule has 2 N–H and O–H groups in total. The lowest BCUT2D eigenvalue weighted by Crippen LogP contribution is -2.44. The molecule has 0 saturated carbocycles. The Kier molecular flexibility index (Phi) is 4.55. The summed E-state index contributed by atoms with van der Waals surface area (Å²) >= 11 is 0. The summed E-state index contributed by atoms with van der Waals surface area (Å²) in [7, 11) is 0. The highest BCUT2D eigenvalue weighted by Gasteiger charge is 2.30. The number of aliphatic hydroxyl groups excluding tert-OH is 1.